The van der Waals surface area contributed by atoms with Gasteiger partial charge in [-0.25, -0.2) is 4.39 Å². The number of ether oxygens (including phenoxy) is 1. The highest BCUT2D eigenvalue weighted by atomic mass is 127. The predicted molar refractivity (Wildman–Crippen MR) is 98.8 cm³/mol. The maximum atomic E-state index is 13.7. The van der Waals surface area contributed by atoms with Crippen molar-refractivity contribution in [2.75, 3.05) is 12.3 Å². The molecular formula is C16H12ClFINOS. The number of benzene rings is 2. The Morgan fingerprint density at radius 2 is 2.18 bits per heavy atom. The Hall–Kier alpha value is -0.790. The van der Waals surface area contributed by atoms with Crippen molar-refractivity contribution in [2.24, 2.45) is 4.99 Å². The normalized spacial score (nSPS) is 14.0. The van der Waals surface area contributed by atoms with Crippen LogP contribution in [0.1, 0.15) is 11.1 Å². The van der Waals surface area contributed by atoms with Gasteiger partial charge in [-0.3, -0.25) is 4.99 Å². The lowest BCUT2D eigenvalue weighted by atomic mass is 10.2. The molecule has 1 heterocycles. The van der Waals surface area contributed by atoms with Gasteiger partial charge < -0.3 is 4.74 Å². The van der Waals surface area contributed by atoms with Crippen LogP contribution in [0.25, 0.3) is 0 Å². The Balaban J connectivity index is 1.76. The molecule has 0 saturated carbocycles. The molecule has 0 amide bonds. The van der Waals surface area contributed by atoms with Crippen molar-refractivity contribution >= 4 is 51.0 Å². The van der Waals surface area contributed by atoms with E-state index in [-0.39, 0.29) is 12.4 Å². The fourth-order valence-electron chi connectivity index (χ4n) is 2.08. The van der Waals surface area contributed by atoms with E-state index < -0.39 is 0 Å². The van der Waals surface area contributed by atoms with Gasteiger partial charge in [-0.05, 0) is 52.9 Å². The lowest BCUT2D eigenvalue weighted by Gasteiger charge is -2.11. The highest BCUT2D eigenvalue weighted by Gasteiger charge is 2.13. The van der Waals surface area contributed by atoms with Crippen molar-refractivity contribution in [3.05, 3.63) is 61.9 Å². The predicted octanol–water partition coefficient (Wildman–Crippen LogP) is 5.16. The van der Waals surface area contributed by atoms with Gasteiger partial charge in [0.2, 0.25) is 0 Å². The zero-order valence-corrected chi connectivity index (χ0v) is 15.2. The topological polar surface area (TPSA) is 21.6 Å². The zero-order valence-electron chi connectivity index (χ0n) is 11.5. The molecule has 0 spiro atoms. The van der Waals surface area contributed by atoms with E-state index in [1.807, 2.05) is 18.2 Å². The average Bonchev–Trinajstić information content (AvgIpc) is 3.02. The van der Waals surface area contributed by atoms with Crippen LogP contribution in [0, 0.1) is 9.39 Å². The summed E-state index contributed by atoms with van der Waals surface area (Å²) in [7, 11) is 0. The second-order valence-corrected chi connectivity index (χ2v) is 7.32. The average molecular weight is 448 g/mol. The largest absolute Gasteiger partial charge is 0.488 e. The van der Waals surface area contributed by atoms with Gasteiger partial charge in [0.1, 0.15) is 18.2 Å². The van der Waals surface area contributed by atoms with Gasteiger partial charge in [-0.2, -0.15) is 0 Å². The fraction of sp³-hybridized carbons (Fsp3) is 0.188. The van der Waals surface area contributed by atoms with E-state index in [2.05, 4.69) is 27.6 Å². The van der Waals surface area contributed by atoms with E-state index in [4.69, 9.17) is 16.3 Å². The summed E-state index contributed by atoms with van der Waals surface area (Å²) < 4.78 is 20.4. The number of hydrogen-bond donors (Lipinski definition) is 0. The zero-order chi connectivity index (χ0) is 15.5. The molecule has 0 unspecified atom stereocenters. The lowest BCUT2D eigenvalue weighted by Crippen LogP contribution is -2.01. The summed E-state index contributed by atoms with van der Waals surface area (Å²) >= 11 is 9.99. The molecule has 2 aromatic rings. The third-order valence-electron chi connectivity index (χ3n) is 3.20. The van der Waals surface area contributed by atoms with E-state index >= 15 is 0 Å². The number of thioether (sulfide) groups is 1. The van der Waals surface area contributed by atoms with E-state index in [0.717, 1.165) is 26.5 Å². The van der Waals surface area contributed by atoms with E-state index in [9.17, 15) is 4.39 Å². The first-order valence-corrected chi connectivity index (χ1v) is 9.12. The molecule has 0 N–H and O–H groups in total. The van der Waals surface area contributed by atoms with E-state index in [0.29, 0.717) is 16.3 Å². The molecule has 0 radical (unpaired) electrons. The Kier molecular flexibility index (Phi) is 5.25. The lowest BCUT2D eigenvalue weighted by molar-refractivity contribution is 0.298. The molecule has 1 aliphatic rings. The maximum Gasteiger partial charge on any atom is 0.133 e. The number of aliphatic imine (C=N–C) groups is 1. The molecule has 0 saturated heterocycles. The minimum atomic E-state index is -0.351. The molecule has 3 rings (SSSR count). The molecule has 6 heteroatoms. The van der Waals surface area contributed by atoms with Crippen molar-refractivity contribution < 1.29 is 9.13 Å². The van der Waals surface area contributed by atoms with Crippen LogP contribution >= 0.6 is 46.0 Å². The van der Waals surface area contributed by atoms with Crippen molar-refractivity contribution in [3.8, 4) is 5.75 Å². The van der Waals surface area contributed by atoms with Crippen molar-refractivity contribution in [2.45, 2.75) is 6.61 Å². The van der Waals surface area contributed by atoms with Gasteiger partial charge in [0, 0.05) is 23.4 Å². The Morgan fingerprint density at radius 3 is 2.86 bits per heavy atom. The van der Waals surface area contributed by atoms with Gasteiger partial charge in [0.15, 0.2) is 0 Å². The van der Waals surface area contributed by atoms with Gasteiger partial charge in [0.25, 0.3) is 0 Å². The standard InChI is InChI=1S/C16H12ClFINOS/c17-12-2-1-3-13(18)11(12)9-21-15-5-4-10(8-14(15)19)16-20-6-7-22-16/h1-5,8H,6-7,9H2. The fourth-order valence-corrected chi connectivity index (χ4v) is 3.82. The Morgan fingerprint density at radius 1 is 1.32 bits per heavy atom. The smallest absolute Gasteiger partial charge is 0.133 e. The molecular weight excluding hydrogens is 436 g/mol. The molecule has 2 nitrogen and oxygen atoms in total. The summed E-state index contributed by atoms with van der Waals surface area (Å²) in [6.07, 6.45) is 0. The van der Waals surface area contributed by atoms with Gasteiger partial charge in [-0.1, -0.05) is 17.7 Å². The van der Waals surface area contributed by atoms with Crippen LogP contribution in [0.3, 0.4) is 0 Å². The SMILES string of the molecule is Fc1cccc(Cl)c1COc1ccc(C2=NCCS2)cc1I. The van der Waals surface area contributed by atoms with E-state index in [1.54, 1.807) is 23.9 Å². The van der Waals surface area contributed by atoms with Crippen LogP contribution in [-0.4, -0.2) is 17.3 Å². The maximum absolute atomic E-state index is 13.7. The van der Waals surface area contributed by atoms with Gasteiger partial charge >= 0.3 is 0 Å². The van der Waals surface area contributed by atoms with Crippen LogP contribution in [0.15, 0.2) is 41.4 Å². The third kappa shape index (κ3) is 3.58. The van der Waals surface area contributed by atoms with Crippen LogP contribution in [0.2, 0.25) is 5.02 Å². The highest BCUT2D eigenvalue weighted by Crippen LogP contribution is 2.28. The molecule has 1 aliphatic heterocycles. The summed E-state index contributed by atoms with van der Waals surface area (Å²) in [5, 5.41) is 1.45. The first-order chi connectivity index (χ1) is 10.6. The second kappa shape index (κ2) is 7.19. The Labute approximate surface area is 151 Å². The molecule has 2 aromatic carbocycles. The summed E-state index contributed by atoms with van der Waals surface area (Å²) in [4.78, 5) is 4.46. The number of rotatable bonds is 4. The number of hydrogen-bond acceptors (Lipinski definition) is 3. The molecule has 0 atom stereocenters. The van der Waals surface area contributed by atoms with Crippen molar-refractivity contribution in [1.82, 2.24) is 0 Å². The molecule has 22 heavy (non-hydrogen) atoms. The molecule has 114 valence electrons. The van der Waals surface area contributed by atoms with Gasteiger partial charge in [0.05, 0.1) is 13.6 Å². The van der Waals surface area contributed by atoms with Crippen LogP contribution in [0.4, 0.5) is 4.39 Å². The van der Waals surface area contributed by atoms with Gasteiger partial charge in [-0.15, -0.1) is 11.8 Å². The number of halogens is 3. The molecule has 0 aliphatic carbocycles. The molecule has 0 aromatic heterocycles. The molecule has 0 fully saturated rings. The molecule has 0 bridgehead atoms. The van der Waals surface area contributed by atoms with Crippen molar-refractivity contribution in [3.63, 3.8) is 0 Å². The second-order valence-electron chi connectivity index (χ2n) is 4.67. The minimum absolute atomic E-state index is 0.108. The summed E-state index contributed by atoms with van der Waals surface area (Å²) in [5.74, 6) is 1.40. The third-order valence-corrected chi connectivity index (χ3v) is 5.42. The van der Waals surface area contributed by atoms with Crippen LogP contribution < -0.4 is 4.74 Å². The Bertz CT molecular complexity index is 718. The number of nitrogens with zero attached hydrogens (tertiary/aromatic N) is 1. The first kappa shape index (κ1) is 16.1. The summed E-state index contributed by atoms with van der Waals surface area (Å²) in [6, 6.07) is 10.5. The van der Waals surface area contributed by atoms with Crippen molar-refractivity contribution in [1.29, 1.82) is 0 Å². The highest BCUT2D eigenvalue weighted by molar-refractivity contribution is 14.1. The quantitative estimate of drug-likeness (QED) is 0.604. The summed E-state index contributed by atoms with van der Waals surface area (Å²) in [6.45, 7) is 0.983. The van der Waals surface area contributed by atoms with Crippen LogP contribution in [-0.2, 0) is 6.61 Å². The minimum Gasteiger partial charge on any atom is -0.488 e. The van der Waals surface area contributed by atoms with Crippen LogP contribution in [0.5, 0.6) is 5.75 Å². The monoisotopic (exact) mass is 447 g/mol. The van der Waals surface area contributed by atoms with E-state index in [1.165, 1.54) is 6.07 Å². The summed E-state index contributed by atoms with van der Waals surface area (Å²) in [5.41, 5.74) is 1.47. The first-order valence-electron chi connectivity index (χ1n) is 6.68.